The zero-order valence-corrected chi connectivity index (χ0v) is 19.3. The SMILES string of the molecule is CCOC(=O)c1c(-c2ccc(C(C)C)cc2)csc1NC(=O)CCc1ccc(C)cc1. The van der Waals surface area contributed by atoms with Crippen molar-refractivity contribution in [1.29, 1.82) is 0 Å². The maximum Gasteiger partial charge on any atom is 0.341 e. The van der Waals surface area contributed by atoms with Crippen LogP contribution >= 0.6 is 11.3 Å². The summed E-state index contributed by atoms with van der Waals surface area (Å²) in [6.45, 7) is 8.39. The first-order chi connectivity index (χ1) is 14.9. The van der Waals surface area contributed by atoms with Gasteiger partial charge in [0.05, 0.1) is 6.61 Å². The van der Waals surface area contributed by atoms with Crippen LogP contribution in [0.5, 0.6) is 0 Å². The van der Waals surface area contributed by atoms with Crippen LogP contribution in [-0.2, 0) is 16.0 Å². The molecule has 1 aromatic heterocycles. The van der Waals surface area contributed by atoms with E-state index in [0.29, 0.717) is 29.3 Å². The highest BCUT2D eigenvalue weighted by Gasteiger charge is 2.22. The van der Waals surface area contributed by atoms with Gasteiger partial charge in [0.2, 0.25) is 5.91 Å². The Morgan fingerprint density at radius 1 is 1.03 bits per heavy atom. The molecule has 0 fully saturated rings. The minimum Gasteiger partial charge on any atom is -0.462 e. The molecule has 1 heterocycles. The number of benzene rings is 2. The highest BCUT2D eigenvalue weighted by atomic mass is 32.1. The van der Waals surface area contributed by atoms with Crippen molar-refractivity contribution >= 4 is 28.2 Å². The summed E-state index contributed by atoms with van der Waals surface area (Å²) < 4.78 is 5.29. The first kappa shape index (κ1) is 22.8. The summed E-state index contributed by atoms with van der Waals surface area (Å²) in [5.74, 6) is -0.0976. The van der Waals surface area contributed by atoms with Crippen LogP contribution < -0.4 is 5.32 Å². The van der Waals surface area contributed by atoms with Crippen molar-refractivity contribution in [2.75, 3.05) is 11.9 Å². The number of hydrogen-bond acceptors (Lipinski definition) is 4. The quantitative estimate of drug-likeness (QED) is 0.406. The third-order valence-corrected chi connectivity index (χ3v) is 6.07. The second-order valence-electron chi connectivity index (χ2n) is 7.88. The highest BCUT2D eigenvalue weighted by Crippen LogP contribution is 2.37. The summed E-state index contributed by atoms with van der Waals surface area (Å²) in [4.78, 5) is 25.3. The molecule has 0 aliphatic rings. The summed E-state index contributed by atoms with van der Waals surface area (Å²) in [5.41, 5.74) is 5.69. The fourth-order valence-electron chi connectivity index (χ4n) is 3.32. The van der Waals surface area contributed by atoms with Gasteiger partial charge in [-0.2, -0.15) is 0 Å². The van der Waals surface area contributed by atoms with Gasteiger partial charge in [-0.25, -0.2) is 4.79 Å². The predicted octanol–water partition coefficient (Wildman–Crippen LogP) is 6.59. The monoisotopic (exact) mass is 435 g/mol. The fourth-order valence-corrected chi connectivity index (χ4v) is 4.29. The smallest absolute Gasteiger partial charge is 0.341 e. The predicted molar refractivity (Wildman–Crippen MR) is 128 cm³/mol. The Labute approximate surface area is 188 Å². The summed E-state index contributed by atoms with van der Waals surface area (Å²) in [7, 11) is 0. The van der Waals surface area contributed by atoms with E-state index in [1.54, 1.807) is 6.92 Å². The summed E-state index contributed by atoms with van der Waals surface area (Å²) in [6, 6.07) is 16.4. The Kier molecular flexibility index (Phi) is 7.64. The Bertz CT molecular complexity index is 1030. The van der Waals surface area contributed by atoms with E-state index in [0.717, 1.165) is 16.7 Å². The standard InChI is InChI=1S/C26H29NO3S/c1-5-30-26(29)24-22(21-13-11-20(12-14-21)17(2)3)16-31-25(24)27-23(28)15-10-19-8-6-18(4)7-9-19/h6-9,11-14,16-17H,5,10,15H2,1-4H3,(H,27,28). The maximum absolute atomic E-state index is 12.7. The van der Waals surface area contributed by atoms with Crippen LogP contribution in [0, 0.1) is 6.92 Å². The summed E-state index contributed by atoms with van der Waals surface area (Å²) >= 11 is 1.35. The number of nitrogens with one attached hydrogen (secondary N) is 1. The maximum atomic E-state index is 12.7. The van der Waals surface area contributed by atoms with Crippen molar-refractivity contribution in [3.63, 3.8) is 0 Å². The van der Waals surface area contributed by atoms with Gasteiger partial charge in [-0.1, -0.05) is 67.9 Å². The second-order valence-corrected chi connectivity index (χ2v) is 8.76. The van der Waals surface area contributed by atoms with Crippen LogP contribution in [0.1, 0.15) is 60.2 Å². The Morgan fingerprint density at radius 2 is 1.71 bits per heavy atom. The van der Waals surface area contributed by atoms with Crippen LogP contribution in [0.15, 0.2) is 53.9 Å². The largest absolute Gasteiger partial charge is 0.462 e. The minimum atomic E-state index is -0.416. The normalized spacial score (nSPS) is 10.9. The molecule has 0 saturated heterocycles. The number of aryl methyl sites for hydroxylation is 2. The zero-order chi connectivity index (χ0) is 22.4. The molecule has 31 heavy (non-hydrogen) atoms. The first-order valence-electron chi connectivity index (χ1n) is 10.6. The number of thiophene rings is 1. The number of carbonyl (C=O) groups is 2. The van der Waals surface area contributed by atoms with Gasteiger partial charge in [-0.05, 0) is 42.9 Å². The number of amides is 1. The molecule has 0 aliphatic heterocycles. The van der Waals surface area contributed by atoms with E-state index < -0.39 is 5.97 Å². The first-order valence-corrected chi connectivity index (χ1v) is 11.5. The van der Waals surface area contributed by atoms with Gasteiger partial charge in [-0.3, -0.25) is 4.79 Å². The molecule has 5 heteroatoms. The third-order valence-electron chi connectivity index (χ3n) is 5.17. The van der Waals surface area contributed by atoms with Crippen LogP contribution in [-0.4, -0.2) is 18.5 Å². The molecular weight excluding hydrogens is 406 g/mol. The third kappa shape index (κ3) is 5.82. The molecule has 3 rings (SSSR count). The molecule has 0 unspecified atom stereocenters. The molecule has 1 amide bonds. The number of carbonyl (C=O) groups excluding carboxylic acids is 2. The van der Waals surface area contributed by atoms with Gasteiger partial charge in [0, 0.05) is 17.4 Å². The van der Waals surface area contributed by atoms with Crippen molar-refractivity contribution in [3.8, 4) is 11.1 Å². The summed E-state index contributed by atoms with van der Waals surface area (Å²) in [5, 5.41) is 5.38. The molecule has 0 aliphatic carbocycles. The Hall–Kier alpha value is -2.92. The number of anilines is 1. The molecule has 0 radical (unpaired) electrons. The topological polar surface area (TPSA) is 55.4 Å². The van der Waals surface area contributed by atoms with E-state index in [-0.39, 0.29) is 12.5 Å². The van der Waals surface area contributed by atoms with Gasteiger partial charge in [-0.15, -0.1) is 11.3 Å². The molecule has 0 atom stereocenters. The lowest BCUT2D eigenvalue weighted by Crippen LogP contribution is -2.15. The molecular formula is C26H29NO3S. The van der Waals surface area contributed by atoms with Crippen LogP contribution in [0.3, 0.4) is 0 Å². The molecule has 2 aromatic carbocycles. The van der Waals surface area contributed by atoms with E-state index in [1.165, 1.54) is 22.5 Å². The van der Waals surface area contributed by atoms with Crippen molar-refractivity contribution in [2.45, 2.75) is 46.5 Å². The number of rotatable bonds is 8. The zero-order valence-electron chi connectivity index (χ0n) is 18.5. The van der Waals surface area contributed by atoms with Crippen molar-refractivity contribution in [3.05, 3.63) is 76.2 Å². The Morgan fingerprint density at radius 3 is 2.32 bits per heavy atom. The minimum absolute atomic E-state index is 0.116. The van der Waals surface area contributed by atoms with E-state index >= 15 is 0 Å². The lowest BCUT2D eigenvalue weighted by atomic mass is 9.98. The Balaban J connectivity index is 1.80. The van der Waals surface area contributed by atoms with Gasteiger partial charge in [0.1, 0.15) is 10.6 Å². The van der Waals surface area contributed by atoms with Crippen molar-refractivity contribution in [2.24, 2.45) is 0 Å². The van der Waals surface area contributed by atoms with Gasteiger partial charge >= 0.3 is 5.97 Å². The number of esters is 1. The van der Waals surface area contributed by atoms with Crippen molar-refractivity contribution < 1.29 is 14.3 Å². The van der Waals surface area contributed by atoms with Crippen LogP contribution in [0.2, 0.25) is 0 Å². The molecule has 0 saturated carbocycles. The average molecular weight is 436 g/mol. The summed E-state index contributed by atoms with van der Waals surface area (Å²) in [6.07, 6.45) is 0.997. The van der Waals surface area contributed by atoms with Crippen LogP contribution in [0.25, 0.3) is 11.1 Å². The molecule has 0 spiro atoms. The van der Waals surface area contributed by atoms with Gasteiger partial charge in [0.25, 0.3) is 0 Å². The van der Waals surface area contributed by atoms with Gasteiger partial charge < -0.3 is 10.1 Å². The van der Waals surface area contributed by atoms with E-state index in [2.05, 4.69) is 31.3 Å². The van der Waals surface area contributed by atoms with Gasteiger partial charge in [0.15, 0.2) is 0 Å². The fraction of sp³-hybridized carbons (Fsp3) is 0.308. The van der Waals surface area contributed by atoms with E-state index in [4.69, 9.17) is 4.74 Å². The van der Waals surface area contributed by atoms with Crippen molar-refractivity contribution in [1.82, 2.24) is 0 Å². The van der Waals surface area contributed by atoms with E-state index in [9.17, 15) is 9.59 Å². The lowest BCUT2D eigenvalue weighted by Gasteiger charge is -2.10. The van der Waals surface area contributed by atoms with E-state index in [1.807, 2.05) is 48.7 Å². The molecule has 0 bridgehead atoms. The molecule has 162 valence electrons. The highest BCUT2D eigenvalue weighted by molar-refractivity contribution is 7.15. The average Bonchev–Trinajstić information content (AvgIpc) is 3.17. The molecule has 1 N–H and O–H groups in total. The number of hydrogen-bond donors (Lipinski definition) is 1. The molecule has 4 nitrogen and oxygen atoms in total. The second kappa shape index (κ2) is 10.4. The van der Waals surface area contributed by atoms with Crippen LogP contribution in [0.4, 0.5) is 5.00 Å². The molecule has 3 aromatic rings. The number of ether oxygens (including phenoxy) is 1. The lowest BCUT2D eigenvalue weighted by molar-refractivity contribution is -0.116.